The van der Waals surface area contributed by atoms with Crippen LogP contribution in [0.5, 0.6) is 0 Å². The molecule has 0 aromatic carbocycles. The zero-order chi connectivity index (χ0) is 21.6. The van der Waals surface area contributed by atoms with Gasteiger partial charge in [-0.3, -0.25) is 9.20 Å². The van der Waals surface area contributed by atoms with Crippen LogP contribution in [-0.4, -0.2) is 46.6 Å². The first-order valence-corrected chi connectivity index (χ1v) is 11.8. The van der Waals surface area contributed by atoms with E-state index in [0.29, 0.717) is 29.2 Å². The van der Waals surface area contributed by atoms with E-state index in [2.05, 4.69) is 6.26 Å². The molecule has 2 fully saturated rings. The Morgan fingerprint density at radius 3 is 2.77 bits per heavy atom. The van der Waals surface area contributed by atoms with E-state index < -0.39 is 17.3 Å². The summed E-state index contributed by atoms with van der Waals surface area (Å²) in [4.78, 5) is 26.3. The largest absolute Gasteiger partial charge is 0.477 e. The number of rotatable bonds is 7. The molecule has 1 saturated heterocycles. The third-order valence-corrected chi connectivity index (χ3v) is 7.14. The van der Waals surface area contributed by atoms with Gasteiger partial charge in [-0.15, -0.1) is 0 Å². The quantitative estimate of drug-likeness (QED) is 0.697. The number of hydrogen-bond acceptors (Lipinski definition) is 5. The first-order chi connectivity index (χ1) is 14.3. The zero-order valence-electron chi connectivity index (χ0n) is 17.4. The van der Waals surface area contributed by atoms with E-state index >= 15 is 4.39 Å². The van der Waals surface area contributed by atoms with E-state index in [1.165, 1.54) is 16.7 Å². The lowest BCUT2D eigenvalue weighted by Gasteiger charge is -2.25. The van der Waals surface area contributed by atoms with Gasteiger partial charge in [0.1, 0.15) is 5.56 Å². The molecule has 2 atom stereocenters. The second-order valence-corrected chi connectivity index (χ2v) is 9.49. The number of aryl methyl sites for hydroxylation is 1. The van der Waals surface area contributed by atoms with Crippen LogP contribution in [0.3, 0.4) is 0 Å². The molecule has 1 unspecified atom stereocenters. The van der Waals surface area contributed by atoms with Crippen LogP contribution >= 0.6 is 11.8 Å². The summed E-state index contributed by atoms with van der Waals surface area (Å²) in [6.45, 7) is 3.25. The van der Waals surface area contributed by atoms with Crippen molar-refractivity contribution in [3.63, 3.8) is 0 Å². The van der Waals surface area contributed by atoms with Gasteiger partial charge in [0, 0.05) is 19.1 Å². The number of nitrogens with two attached hydrogens (primary N) is 1. The summed E-state index contributed by atoms with van der Waals surface area (Å²) in [5.74, 6) is -0.223. The highest BCUT2D eigenvalue weighted by Gasteiger charge is 2.33. The highest BCUT2D eigenvalue weighted by molar-refractivity contribution is 7.98. The van der Waals surface area contributed by atoms with Crippen molar-refractivity contribution in [3.8, 4) is 0 Å². The maximum Gasteiger partial charge on any atom is 0.341 e. The van der Waals surface area contributed by atoms with Crippen molar-refractivity contribution < 1.29 is 14.3 Å². The summed E-state index contributed by atoms with van der Waals surface area (Å²) in [6.07, 6.45) is 7.00. The van der Waals surface area contributed by atoms with Crippen LogP contribution in [0.25, 0.3) is 5.52 Å². The Kier molecular flexibility index (Phi) is 5.81. The molecular formula is C22H28FN3O3S. The van der Waals surface area contributed by atoms with E-state index in [4.69, 9.17) is 5.73 Å². The third-order valence-electron chi connectivity index (χ3n) is 6.49. The summed E-state index contributed by atoms with van der Waals surface area (Å²) in [5.41, 5.74) is 8.08. The highest BCUT2D eigenvalue weighted by Crippen LogP contribution is 2.44. The Morgan fingerprint density at radius 2 is 2.13 bits per heavy atom. The fraction of sp³-hybridized carbons (Fsp3) is 0.545. The molecule has 1 aliphatic carbocycles. The smallest absolute Gasteiger partial charge is 0.341 e. The van der Waals surface area contributed by atoms with E-state index in [9.17, 15) is 14.7 Å². The predicted octanol–water partition coefficient (Wildman–Crippen LogP) is 3.23. The van der Waals surface area contributed by atoms with Crippen molar-refractivity contribution in [1.82, 2.24) is 4.40 Å². The van der Waals surface area contributed by atoms with Gasteiger partial charge in [0.2, 0.25) is 0 Å². The Morgan fingerprint density at radius 1 is 1.40 bits per heavy atom. The predicted molar refractivity (Wildman–Crippen MR) is 119 cm³/mol. The van der Waals surface area contributed by atoms with Gasteiger partial charge in [0.05, 0.1) is 17.4 Å². The van der Waals surface area contributed by atoms with Gasteiger partial charge < -0.3 is 15.7 Å². The molecule has 1 aliphatic heterocycles. The summed E-state index contributed by atoms with van der Waals surface area (Å²) in [5, 5.41) is 9.43. The van der Waals surface area contributed by atoms with Crippen LogP contribution in [0.1, 0.15) is 53.1 Å². The number of aromatic nitrogens is 1. The summed E-state index contributed by atoms with van der Waals surface area (Å²) in [7, 11) is 0. The average Bonchev–Trinajstić information content (AvgIpc) is 3.44. The van der Waals surface area contributed by atoms with Crippen molar-refractivity contribution in [2.45, 2.75) is 44.6 Å². The molecule has 6 nitrogen and oxygen atoms in total. The van der Waals surface area contributed by atoms with Crippen molar-refractivity contribution in [2.75, 3.05) is 30.0 Å². The second-order valence-electron chi connectivity index (χ2n) is 8.51. The molecule has 1 saturated carbocycles. The van der Waals surface area contributed by atoms with Crippen LogP contribution < -0.4 is 16.2 Å². The number of carboxylic acids is 1. The fourth-order valence-electron chi connectivity index (χ4n) is 4.72. The van der Waals surface area contributed by atoms with Crippen molar-refractivity contribution in [3.05, 3.63) is 45.1 Å². The van der Waals surface area contributed by atoms with E-state index in [-0.39, 0.29) is 17.5 Å². The number of anilines is 1. The lowest BCUT2D eigenvalue weighted by atomic mass is 9.98. The van der Waals surface area contributed by atoms with Crippen molar-refractivity contribution in [2.24, 2.45) is 11.7 Å². The molecular weight excluding hydrogens is 405 g/mol. The number of carbonyl (C=O) groups is 1. The van der Waals surface area contributed by atoms with E-state index in [1.54, 1.807) is 11.8 Å². The number of hydrogen-bond donors (Lipinski definition) is 2. The fourth-order valence-corrected chi connectivity index (χ4v) is 5.23. The van der Waals surface area contributed by atoms with E-state index in [0.717, 1.165) is 43.5 Å². The van der Waals surface area contributed by atoms with Crippen LogP contribution in [0.4, 0.5) is 10.1 Å². The number of halogens is 1. The molecule has 4 rings (SSSR count). The Labute approximate surface area is 179 Å². The highest BCUT2D eigenvalue weighted by atomic mass is 32.2. The van der Waals surface area contributed by atoms with Gasteiger partial charge in [0.15, 0.2) is 5.82 Å². The Hall–Kier alpha value is -2.06. The van der Waals surface area contributed by atoms with Gasteiger partial charge >= 0.3 is 5.97 Å². The first kappa shape index (κ1) is 21.2. The molecule has 2 aromatic heterocycles. The molecule has 30 heavy (non-hydrogen) atoms. The minimum Gasteiger partial charge on any atom is -0.477 e. The molecule has 0 spiro atoms. The number of pyridine rings is 2. The number of carboxylic acid groups (broad SMARTS) is 1. The number of fused-ring (bicyclic) bond motifs is 1. The maximum atomic E-state index is 15.2. The third kappa shape index (κ3) is 3.71. The monoisotopic (exact) mass is 433 g/mol. The van der Waals surface area contributed by atoms with Crippen LogP contribution in [0.2, 0.25) is 0 Å². The van der Waals surface area contributed by atoms with Gasteiger partial charge in [-0.05, 0) is 73.6 Å². The minimum absolute atomic E-state index is 0.0917. The molecule has 2 aromatic rings. The zero-order valence-corrected chi connectivity index (χ0v) is 18.2. The van der Waals surface area contributed by atoms with E-state index in [1.807, 2.05) is 11.8 Å². The molecule has 8 heteroatoms. The van der Waals surface area contributed by atoms with Gasteiger partial charge in [-0.25, -0.2) is 9.18 Å². The number of aromatic carboxylic acids is 1. The standard InChI is InChI=1S/C22H28FN3O3S/c1-12-19-15(13-3-4-13)9-16(22(28)29)21(27)26(19)11-17(23)20(12)25-7-5-14(10-25)18(24)6-8-30-2/h9,11,13-14,18H,3-8,10,24H2,1-2H3,(H,28,29)/t14?,18-/m0/s1. The molecule has 0 amide bonds. The maximum absolute atomic E-state index is 15.2. The first-order valence-electron chi connectivity index (χ1n) is 10.4. The molecule has 3 heterocycles. The topological polar surface area (TPSA) is 88.0 Å². The molecule has 3 N–H and O–H groups in total. The van der Waals surface area contributed by atoms with Gasteiger partial charge in [-0.1, -0.05) is 0 Å². The summed E-state index contributed by atoms with van der Waals surface area (Å²) >= 11 is 1.78. The number of thioether (sulfide) groups is 1. The lowest BCUT2D eigenvalue weighted by Crippen LogP contribution is -2.33. The normalized spacial score (nSPS) is 20.1. The second kappa shape index (κ2) is 8.23. The van der Waals surface area contributed by atoms with Gasteiger partial charge in [-0.2, -0.15) is 11.8 Å². The average molecular weight is 434 g/mol. The number of nitrogens with zero attached hydrogens (tertiary/aromatic N) is 2. The lowest BCUT2D eigenvalue weighted by molar-refractivity contribution is 0.0694. The minimum atomic E-state index is -1.28. The van der Waals surface area contributed by atoms with Crippen LogP contribution in [0.15, 0.2) is 17.1 Å². The Bertz CT molecular complexity index is 1050. The van der Waals surface area contributed by atoms with Crippen molar-refractivity contribution in [1.29, 1.82) is 0 Å². The summed E-state index contributed by atoms with van der Waals surface area (Å²) in [6, 6.07) is 1.59. The molecule has 0 bridgehead atoms. The molecule has 0 radical (unpaired) electrons. The Balaban J connectivity index is 1.77. The summed E-state index contributed by atoms with van der Waals surface area (Å²) < 4.78 is 16.4. The van der Waals surface area contributed by atoms with Crippen LogP contribution in [-0.2, 0) is 0 Å². The SMILES string of the molecule is CSCC[C@H](N)C1CCN(c2c(F)cn3c(=O)c(C(=O)O)cc(C4CC4)c3c2C)C1. The van der Waals surface area contributed by atoms with Crippen molar-refractivity contribution >= 4 is 28.9 Å². The van der Waals surface area contributed by atoms with Gasteiger partial charge in [0.25, 0.3) is 5.56 Å². The van der Waals surface area contributed by atoms with Crippen LogP contribution in [0, 0.1) is 18.7 Å². The molecule has 162 valence electrons. The molecule has 2 aliphatic rings.